The largest absolute Gasteiger partial charge is 0.462 e. The highest BCUT2D eigenvalue weighted by molar-refractivity contribution is 5.71. The van der Waals surface area contributed by atoms with E-state index in [0.29, 0.717) is 19.3 Å². The Hall–Kier alpha value is -2.63. The Labute approximate surface area is 473 Å². The molecule has 0 radical (unpaired) electrons. The van der Waals surface area contributed by atoms with Gasteiger partial charge >= 0.3 is 17.9 Å². The summed E-state index contributed by atoms with van der Waals surface area (Å²) in [7, 11) is 0. The number of rotatable bonds is 62. The van der Waals surface area contributed by atoms with Gasteiger partial charge in [-0.25, -0.2) is 0 Å². The van der Waals surface area contributed by atoms with Gasteiger partial charge in [-0.1, -0.05) is 294 Å². The Morgan fingerprint density at radius 1 is 0.263 bits per heavy atom. The number of esters is 3. The van der Waals surface area contributed by atoms with Crippen LogP contribution >= 0.6 is 0 Å². The summed E-state index contributed by atoms with van der Waals surface area (Å²) in [4.78, 5) is 38.1. The van der Waals surface area contributed by atoms with Crippen molar-refractivity contribution in [3.05, 3.63) is 48.6 Å². The summed E-state index contributed by atoms with van der Waals surface area (Å²) in [5.74, 6) is -0.878. The van der Waals surface area contributed by atoms with Crippen LogP contribution in [-0.4, -0.2) is 37.2 Å². The minimum atomic E-state index is -0.777. The van der Waals surface area contributed by atoms with E-state index in [0.717, 1.165) is 83.5 Å². The lowest BCUT2D eigenvalue weighted by Gasteiger charge is -2.18. The lowest BCUT2D eigenvalue weighted by atomic mass is 10.0. The first kappa shape index (κ1) is 73.4. The Balaban J connectivity index is 3.97. The SMILES string of the molecule is CCCC/C=C\CCCCCCCC(=O)OCC(COC(=O)CCCCCCCCCCCCCCCCCCCCCCCCC/C=C\C/C=C\CCCCCCC)OC(=O)CCCCCCC/C=C\CCCCC. The molecule has 0 N–H and O–H groups in total. The molecule has 0 amide bonds. The lowest BCUT2D eigenvalue weighted by Crippen LogP contribution is -2.30. The van der Waals surface area contributed by atoms with Gasteiger partial charge in [0.25, 0.3) is 0 Å². The van der Waals surface area contributed by atoms with Crippen molar-refractivity contribution in [2.45, 2.75) is 367 Å². The summed E-state index contributed by atoms with van der Waals surface area (Å²) in [5, 5.41) is 0. The molecule has 76 heavy (non-hydrogen) atoms. The smallest absolute Gasteiger partial charge is 0.306 e. The van der Waals surface area contributed by atoms with Gasteiger partial charge in [0.1, 0.15) is 13.2 Å². The van der Waals surface area contributed by atoms with Gasteiger partial charge in [0.15, 0.2) is 6.10 Å². The van der Waals surface area contributed by atoms with Gasteiger partial charge in [0, 0.05) is 19.3 Å². The maximum atomic E-state index is 12.8. The zero-order chi connectivity index (χ0) is 55.0. The molecule has 0 saturated heterocycles. The van der Waals surface area contributed by atoms with Crippen molar-refractivity contribution in [1.82, 2.24) is 0 Å². The summed E-state index contributed by atoms with van der Waals surface area (Å²) in [6.45, 7) is 6.59. The average Bonchev–Trinajstić information content (AvgIpc) is 3.42. The number of ether oxygens (including phenoxy) is 3. The summed E-state index contributed by atoms with van der Waals surface area (Å²) in [6, 6.07) is 0. The number of carbonyl (C=O) groups excluding carboxylic acids is 3. The van der Waals surface area contributed by atoms with Crippen LogP contribution in [0.25, 0.3) is 0 Å². The number of hydrogen-bond donors (Lipinski definition) is 0. The molecular formula is C70H128O6. The van der Waals surface area contributed by atoms with Crippen molar-refractivity contribution in [1.29, 1.82) is 0 Å². The van der Waals surface area contributed by atoms with Crippen LogP contribution in [-0.2, 0) is 28.6 Å². The molecule has 0 aromatic rings. The van der Waals surface area contributed by atoms with Crippen molar-refractivity contribution >= 4 is 17.9 Å². The molecule has 1 unspecified atom stereocenters. The second-order valence-electron chi connectivity index (χ2n) is 22.7. The molecule has 0 bridgehead atoms. The van der Waals surface area contributed by atoms with E-state index < -0.39 is 6.10 Å². The molecule has 0 fully saturated rings. The third-order valence-electron chi connectivity index (χ3n) is 15.0. The van der Waals surface area contributed by atoms with E-state index in [1.807, 2.05) is 0 Å². The summed E-state index contributed by atoms with van der Waals surface area (Å²) < 4.78 is 16.9. The van der Waals surface area contributed by atoms with E-state index in [9.17, 15) is 14.4 Å². The minimum Gasteiger partial charge on any atom is -0.462 e. The van der Waals surface area contributed by atoms with Gasteiger partial charge in [-0.15, -0.1) is 0 Å². The van der Waals surface area contributed by atoms with Crippen molar-refractivity contribution in [2.24, 2.45) is 0 Å². The number of allylic oxidation sites excluding steroid dienone is 8. The van der Waals surface area contributed by atoms with Gasteiger partial charge in [-0.3, -0.25) is 14.4 Å². The number of unbranched alkanes of at least 4 members (excludes halogenated alkanes) is 43. The van der Waals surface area contributed by atoms with Crippen molar-refractivity contribution in [2.75, 3.05) is 13.2 Å². The normalized spacial score (nSPS) is 12.3. The van der Waals surface area contributed by atoms with E-state index in [4.69, 9.17) is 14.2 Å². The average molecular weight is 1070 g/mol. The van der Waals surface area contributed by atoms with Gasteiger partial charge in [0.05, 0.1) is 0 Å². The molecule has 6 nitrogen and oxygen atoms in total. The van der Waals surface area contributed by atoms with Crippen LogP contribution in [0, 0.1) is 0 Å². The number of carbonyl (C=O) groups is 3. The summed E-state index contributed by atoms with van der Waals surface area (Å²) in [6.07, 6.45) is 81.6. The lowest BCUT2D eigenvalue weighted by molar-refractivity contribution is -0.167. The van der Waals surface area contributed by atoms with Crippen LogP contribution < -0.4 is 0 Å². The highest BCUT2D eigenvalue weighted by Crippen LogP contribution is 2.18. The molecule has 0 saturated carbocycles. The second-order valence-corrected chi connectivity index (χ2v) is 22.7. The van der Waals surface area contributed by atoms with Crippen LogP contribution in [0.1, 0.15) is 361 Å². The highest BCUT2D eigenvalue weighted by Gasteiger charge is 2.19. The molecule has 0 aliphatic rings. The predicted octanol–water partition coefficient (Wildman–Crippen LogP) is 22.9. The Bertz CT molecular complexity index is 1310. The summed E-state index contributed by atoms with van der Waals surface area (Å²) in [5.41, 5.74) is 0. The maximum absolute atomic E-state index is 12.8. The first-order chi connectivity index (χ1) is 37.5. The Morgan fingerprint density at radius 3 is 0.803 bits per heavy atom. The highest BCUT2D eigenvalue weighted by atomic mass is 16.6. The molecule has 444 valence electrons. The van der Waals surface area contributed by atoms with E-state index in [-0.39, 0.29) is 31.1 Å². The zero-order valence-electron chi connectivity index (χ0n) is 51.0. The number of hydrogen-bond acceptors (Lipinski definition) is 6. The predicted molar refractivity (Wildman–Crippen MR) is 330 cm³/mol. The molecule has 0 spiro atoms. The van der Waals surface area contributed by atoms with Crippen LogP contribution in [0.5, 0.6) is 0 Å². The fourth-order valence-corrected chi connectivity index (χ4v) is 9.92. The van der Waals surface area contributed by atoms with Crippen molar-refractivity contribution in [3.8, 4) is 0 Å². The topological polar surface area (TPSA) is 78.9 Å². The van der Waals surface area contributed by atoms with Gasteiger partial charge < -0.3 is 14.2 Å². The van der Waals surface area contributed by atoms with E-state index in [1.54, 1.807) is 0 Å². The van der Waals surface area contributed by atoms with Gasteiger partial charge in [0.2, 0.25) is 0 Å². The Morgan fingerprint density at radius 2 is 0.487 bits per heavy atom. The summed E-state index contributed by atoms with van der Waals surface area (Å²) >= 11 is 0. The molecule has 0 aliphatic carbocycles. The van der Waals surface area contributed by atoms with Gasteiger partial charge in [-0.2, -0.15) is 0 Å². The molecule has 6 heteroatoms. The van der Waals surface area contributed by atoms with Crippen LogP contribution in [0.15, 0.2) is 48.6 Å². The third-order valence-corrected chi connectivity index (χ3v) is 15.0. The zero-order valence-corrected chi connectivity index (χ0v) is 51.0. The molecule has 0 heterocycles. The quantitative estimate of drug-likeness (QED) is 0.0261. The van der Waals surface area contributed by atoms with Crippen molar-refractivity contribution in [3.63, 3.8) is 0 Å². The van der Waals surface area contributed by atoms with Gasteiger partial charge in [-0.05, 0) is 96.3 Å². The van der Waals surface area contributed by atoms with E-state index in [1.165, 1.54) is 238 Å². The monoisotopic (exact) mass is 1060 g/mol. The molecule has 0 aromatic heterocycles. The Kier molecular flexibility index (Phi) is 62.6. The third kappa shape index (κ3) is 62.2. The first-order valence-electron chi connectivity index (χ1n) is 33.6. The van der Waals surface area contributed by atoms with E-state index >= 15 is 0 Å². The maximum Gasteiger partial charge on any atom is 0.306 e. The van der Waals surface area contributed by atoms with Crippen LogP contribution in [0.2, 0.25) is 0 Å². The minimum absolute atomic E-state index is 0.0751. The molecular weight excluding hydrogens is 937 g/mol. The standard InChI is InChI=1S/C70H128O6/c1-4-7-10-13-16-19-22-24-25-26-27-28-29-30-31-32-33-34-35-36-37-38-39-40-41-42-43-44-45-46-49-51-54-57-60-63-69(72)75-66-67(65-74-68(71)62-59-56-53-50-47-21-18-15-12-9-6-3)76-70(73)64-61-58-55-52-48-23-20-17-14-11-8-5-2/h15,17-18,20,22,24,26-27,67H,4-14,16,19,21,23,25,28-66H2,1-3H3/b18-15-,20-17-,24-22-,27-26-. The van der Waals surface area contributed by atoms with E-state index in [2.05, 4.69) is 69.4 Å². The fraction of sp³-hybridized carbons (Fsp3) is 0.843. The first-order valence-corrected chi connectivity index (χ1v) is 33.6. The van der Waals surface area contributed by atoms with Crippen LogP contribution in [0.4, 0.5) is 0 Å². The molecule has 0 aliphatic heterocycles. The molecule has 0 rings (SSSR count). The fourth-order valence-electron chi connectivity index (χ4n) is 9.92. The molecule has 1 atom stereocenters. The second kappa shape index (κ2) is 64.9. The molecule has 0 aromatic carbocycles. The van der Waals surface area contributed by atoms with Crippen molar-refractivity contribution < 1.29 is 28.6 Å². The van der Waals surface area contributed by atoms with Crippen LogP contribution in [0.3, 0.4) is 0 Å².